The summed E-state index contributed by atoms with van der Waals surface area (Å²) in [6, 6.07) is 3.42. The zero-order valence-corrected chi connectivity index (χ0v) is 12.6. The first-order chi connectivity index (χ1) is 10.3. The first-order valence-corrected chi connectivity index (χ1v) is 8.16. The molecular formula is C16H25N3O2. The van der Waals surface area contributed by atoms with Crippen LogP contribution in [0.5, 0.6) is 5.75 Å². The maximum absolute atomic E-state index is 12.3. The van der Waals surface area contributed by atoms with Gasteiger partial charge in [-0.05, 0) is 31.7 Å². The number of hydrogen-bond acceptors (Lipinski definition) is 4. The van der Waals surface area contributed by atoms with E-state index in [1.54, 1.807) is 12.1 Å². The average Bonchev–Trinajstić information content (AvgIpc) is 2.52. The summed E-state index contributed by atoms with van der Waals surface area (Å²) in [5.41, 5.74) is 0.747. The third kappa shape index (κ3) is 3.30. The van der Waals surface area contributed by atoms with Crippen LogP contribution in [0.15, 0.2) is 18.3 Å². The van der Waals surface area contributed by atoms with Gasteiger partial charge >= 0.3 is 0 Å². The van der Waals surface area contributed by atoms with Crippen LogP contribution >= 0.6 is 0 Å². The summed E-state index contributed by atoms with van der Waals surface area (Å²) in [6.45, 7) is 4.23. The van der Waals surface area contributed by atoms with Gasteiger partial charge < -0.3 is 10.3 Å². The van der Waals surface area contributed by atoms with Crippen molar-refractivity contribution < 1.29 is 9.84 Å². The molecule has 0 spiro atoms. The summed E-state index contributed by atoms with van der Waals surface area (Å²) in [4.78, 5) is 4.88. The Labute approximate surface area is 126 Å². The lowest BCUT2D eigenvalue weighted by Gasteiger charge is -2.41. The van der Waals surface area contributed by atoms with Crippen LogP contribution in [0.1, 0.15) is 50.4 Å². The first-order valence-electron chi connectivity index (χ1n) is 8.16. The van der Waals surface area contributed by atoms with E-state index in [9.17, 15) is 10.3 Å². The van der Waals surface area contributed by atoms with Crippen molar-refractivity contribution in [3.63, 3.8) is 0 Å². The van der Waals surface area contributed by atoms with Crippen molar-refractivity contribution in [2.45, 2.75) is 44.7 Å². The van der Waals surface area contributed by atoms with E-state index in [2.05, 4.69) is 9.80 Å². The Morgan fingerprint density at radius 2 is 1.43 bits per heavy atom. The normalized spacial score (nSPS) is 21.8. The maximum atomic E-state index is 12.3. The quantitative estimate of drug-likeness (QED) is 0.683. The molecule has 2 aliphatic rings. The lowest BCUT2D eigenvalue weighted by molar-refractivity contribution is -0.619. The van der Waals surface area contributed by atoms with Crippen molar-refractivity contribution in [2.75, 3.05) is 26.2 Å². The molecular weight excluding hydrogens is 266 g/mol. The van der Waals surface area contributed by atoms with E-state index in [0.29, 0.717) is 0 Å². The number of aromatic hydroxyl groups is 1. The SMILES string of the molecule is [O-][n+]1cc(O)ccc1C(N1CCCCC1)N1CCCCC1. The van der Waals surface area contributed by atoms with Crippen LogP contribution in [0, 0.1) is 5.21 Å². The molecule has 116 valence electrons. The Kier molecular flexibility index (Phi) is 4.60. The van der Waals surface area contributed by atoms with Crippen molar-refractivity contribution in [3.05, 3.63) is 29.2 Å². The molecule has 5 heteroatoms. The first kappa shape index (κ1) is 14.6. The van der Waals surface area contributed by atoms with Crippen LogP contribution in [0.4, 0.5) is 0 Å². The highest BCUT2D eigenvalue weighted by atomic mass is 16.5. The second kappa shape index (κ2) is 6.62. The number of nitrogens with zero attached hydrogens (tertiary/aromatic N) is 3. The second-order valence-electron chi connectivity index (χ2n) is 6.20. The van der Waals surface area contributed by atoms with Gasteiger partial charge in [-0.25, -0.2) is 0 Å². The average molecular weight is 291 g/mol. The molecule has 2 fully saturated rings. The minimum Gasteiger partial charge on any atom is -0.618 e. The van der Waals surface area contributed by atoms with Crippen LogP contribution in [0.2, 0.25) is 0 Å². The highest BCUT2D eigenvalue weighted by molar-refractivity contribution is 5.16. The largest absolute Gasteiger partial charge is 0.618 e. The minimum atomic E-state index is 0.0322. The summed E-state index contributed by atoms with van der Waals surface area (Å²) in [7, 11) is 0. The summed E-state index contributed by atoms with van der Waals surface area (Å²) in [5, 5.41) is 21.8. The molecule has 3 heterocycles. The van der Waals surface area contributed by atoms with E-state index < -0.39 is 0 Å². The lowest BCUT2D eigenvalue weighted by Crippen LogP contribution is -2.50. The van der Waals surface area contributed by atoms with Gasteiger partial charge in [0.15, 0.2) is 11.9 Å². The Bertz CT molecular complexity index is 451. The van der Waals surface area contributed by atoms with Crippen LogP contribution in [-0.4, -0.2) is 41.1 Å². The van der Waals surface area contributed by atoms with Gasteiger partial charge in [-0.1, -0.05) is 12.8 Å². The molecule has 1 aromatic rings. The van der Waals surface area contributed by atoms with E-state index in [0.717, 1.165) is 36.6 Å². The van der Waals surface area contributed by atoms with Gasteiger partial charge in [-0.15, -0.1) is 0 Å². The van der Waals surface area contributed by atoms with Gasteiger partial charge in [-0.3, -0.25) is 9.80 Å². The zero-order valence-electron chi connectivity index (χ0n) is 12.6. The monoisotopic (exact) mass is 291 g/mol. The van der Waals surface area contributed by atoms with E-state index in [-0.39, 0.29) is 11.9 Å². The lowest BCUT2D eigenvalue weighted by atomic mass is 10.1. The molecule has 0 amide bonds. The van der Waals surface area contributed by atoms with Crippen molar-refractivity contribution in [2.24, 2.45) is 0 Å². The molecule has 0 radical (unpaired) electrons. The number of hydrogen-bond donors (Lipinski definition) is 1. The van der Waals surface area contributed by atoms with Crippen molar-refractivity contribution >= 4 is 0 Å². The molecule has 2 aliphatic heterocycles. The number of pyridine rings is 1. The molecule has 2 saturated heterocycles. The Morgan fingerprint density at radius 3 is 1.90 bits per heavy atom. The van der Waals surface area contributed by atoms with Gasteiger partial charge in [0, 0.05) is 32.2 Å². The minimum absolute atomic E-state index is 0.0322. The molecule has 0 aliphatic carbocycles. The molecule has 0 unspecified atom stereocenters. The molecule has 0 atom stereocenters. The van der Waals surface area contributed by atoms with Crippen molar-refractivity contribution in [3.8, 4) is 5.75 Å². The van der Waals surface area contributed by atoms with Gasteiger partial charge in [0.05, 0.1) is 0 Å². The third-order valence-corrected chi connectivity index (χ3v) is 4.67. The second-order valence-corrected chi connectivity index (χ2v) is 6.20. The molecule has 5 nitrogen and oxygen atoms in total. The van der Waals surface area contributed by atoms with E-state index in [1.165, 1.54) is 44.7 Å². The standard InChI is InChI=1S/C16H25N3O2/c20-14-7-8-15(19(21)13-14)16(17-9-3-1-4-10-17)18-11-5-2-6-12-18/h7-8,13,16,20H,1-6,9-12H2. The van der Waals surface area contributed by atoms with Gasteiger partial charge in [0.1, 0.15) is 0 Å². The topological polar surface area (TPSA) is 53.7 Å². The highest BCUT2D eigenvalue weighted by Gasteiger charge is 2.33. The Morgan fingerprint density at radius 1 is 0.905 bits per heavy atom. The summed E-state index contributed by atoms with van der Waals surface area (Å²) in [5.74, 6) is 0.0322. The molecule has 1 N–H and O–H groups in total. The molecule has 1 aromatic heterocycles. The molecule has 0 bridgehead atoms. The predicted molar refractivity (Wildman–Crippen MR) is 80.7 cm³/mol. The van der Waals surface area contributed by atoms with E-state index >= 15 is 0 Å². The van der Waals surface area contributed by atoms with Crippen LogP contribution in [0.25, 0.3) is 0 Å². The summed E-state index contributed by atoms with van der Waals surface area (Å²) < 4.78 is 0.850. The molecule has 3 rings (SSSR count). The zero-order chi connectivity index (χ0) is 14.7. The Balaban J connectivity index is 1.89. The van der Waals surface area contributed by atoms with Gasteiger partial charge in [0.2, 0.25) is 11.9 Å². The van der Waals surface area contributed by atoms with E-state index in [1.807, 2.05) is 0 Å². The maximum Gasteiger partial charge on any atom is 0.225 e. The molecule has 21 heavy (non-hydrogen) atoms. The number of aromatic nitrogens is 1. The van der Waals surface area contributed by atoms with Crippen LogP contribution in [-0.2, 0) is 0 Å². The fraction of sp³-hybridized carbons (Fsp3) is 0.688. The fourth-order valence-electron chi connectivity index (χ4n) is 3.61. The highest BCUT2D eigenvalue weighted by Crippen LogP contribution is 2.29. The van der Waals surface area contributed by atoms with Gasteiger partial charge in [0.25, 0.3) is 0 Å². The van der Waals surface area contributed by atoms with Crippen LogP contribution in [0.3, 0.4) is 0 Å². The summed E-state index contributed by atoms with van der Waals surface area (Å²) >= 11 is 0. The van der Waals surface area contributed by atoms with Gasteiger partial charge in [-0.2, -0.15) is 4.73 Å². The number of piperidine rings is 2. The number of likely N-dealkylation sites (tertiary alicyclic amines) is 2. The summed E-state index contributed by atoms with van der Waals surface area (Å²) in [6.07, 6.45) is 8.75. The van der Waals surface area contributed by atoms with Crippen LogP contribution < -0.4 is 4.73 Å². The smallest absolute Gasteiger partial charge is 0.225 e. The van der Waals surface area contributed by atoms with Crippen molar-refractivity contribution in [1.29, 1.82) is 0 Å². The molecule has 0 saturated carbocycles. The van der Waals surface area contributed by atoms with E-state index in [4.69, 9.17) is 0 Å². The third-order valence-electron chi connectivity index (χ3n) is 4.67. The number of rotatable bonds is 3. The predicted octanol–water partition coefficient (Wildman–Crippen LogP) is 2.00. The Hall–Kier alpha value is -1.33. The van der Waals surface area contributed by atoms with Crippen molar-refractivity contribution in [1.82, 2.24) is 9.80 Å². The molecule has 0 aromatic carbocycles. The fourth-order valence-corrected chi connectivity index (χ4v) is 3.61.